The molecule has 4 amide bonds. The molecule has 6 heterocycles. The molecule has 0 unspecified atom stereocenters. The largest absolute Gasteiger partial charge is 1.00 e. The Morgan fingerprint density at radius 3 is 1.66 bits per heavy atom. The minimum Gasteiger partial charge on any atom is -0.456 e. The summed E-state index contributed by atoms with van der Waals surface area (Å²) in [6.45, 7) is 0.819. The van der Waals surface area contributed by atoms with E-state index in [4.69, 9.17) is 27.7 Å². The van der Waals surface area contributed by atoms with Gasteiger partial charge in [-0.3, -0.25) is 28.3 Å². The Morgan fingerprint density at radius 2 is 1.10 bits per heavy atom. The summed E-state index contributed by atoms with van der Waals surface area (Å²) in [7, 11) is -9.02. The number of fused-ring (bicyclic) bond motifs is 8. The molecule has 2 saturated heterocycles. The number of furan rings is 2. The molecule has 22 nitrogen and oxygen atoms in total. The van der Waals surface area contributed by atoms with Gasteiger partial charge in [-0.15, -0.1) is 10.1 Å². The number of carbonyl (C=O) groups excluding carboxylic acids is 6. The van der Waals surface area contributed by atoms with E-state index in [0.29, 0.717) is 140 Å². The van der Waals surface area contributed by atoms with Gasteiger partial charge >= 0.3 is 121 Å². The number of unbranched alkanes of at least 4 members (excludes halogenated alkanes) is 4. The monoisotopic (exact) mass is 1140 g/mol. The molecule has 0 radical (unpaired) electrons. The summed E-state index contributed by atoms with van der Waals surface area (Å²) in [4.78, 5) is 83.8. The molecule has 10 rings (SSSR count). The standard InChI is InChI=1S/C51H44N4O18S2.2K/c56-44-18-19-45(57)54(44)72-50(60)12-6-2-8-22-52-36-28-40-34(32-24-30(74(62,63)64)14-16-38(32)68-40)26-42(36)70-48(52)10-4-1-5-11-49-53(23-9-3-7-13-51(61)73-55-46(58)20-21-47(55)59)37-29-41-35(27-43(37)71-49)33-25-31(75(65,66)67)15-17-39(33)69-41;;/h1,4-5,10-11,14-17,24-29H,2-3,6-9,12-13,18-23H2,(H-,62,63,64,65,66,67);;/q;2*+1/p+1. The van der Waals surface area contributed by atoms with Crippen molar-refractivity contribution in [1.29, 1.82) is 0 Å². The number of hydrogen-bond donors (Lipinski definition) is 2. The number of aryl methyl sites for hydroxylation is 1. The van der Waals surface area contributed by atoms with Gasteiger partial charge in [0.05, 0.1) is 27.6 Å². The van der Waals surface area contributed by atoms with Gasteiger partial charge in [0.1, 0.15) is 22.3 Å². The molecule has 0 aliphatic carbocycles. The first-order valence-electron chi connectivity index (χ1n) is 23.8. The number of benzene rings is 4. The number of anilines is 1. The van der Waals surface area contributed by atoms with Crippen LogP contribution in [0.2, 0.25) is 0 Å². The van der Waals surface area contributed by atoms with Gasteiger partial charge in [-0.25, -0.2) is 9.59 Å². The third-order valence-electron chi connectivity index (χ3n) is 12.8. The Bertz CT molecular complexity index is 3860. The van der Waals surface area contributed by atoms with Crippen molar-refractivity contribution in [3.8, 4) is 5.75 Å². The van der Waals surface area contributed by atoms with Crippen molar-refractivity contribution in [2.45, 2.75) is 93.4 Å². The Kier molecular flexibility index (Phi) is 18.3. The summed E-state index contributed by atoms with van der Waals surface area (Å²) in [6.07, 6.45) is 11.6. The van der Waals surface area contributed by atoms with Crippen molar-refractivity contribution >= 4 is 123 Å². The van der Waals surface area contributed by atoms with Crippen LogP contribution in [0.15, 0.2) is 114 Å². The van der Waals surface area contributed by atoms with Crippen molar-refractivity contribution in [2.75, 3.05) is 11.4 Å². The number of oxazole rings is 1. The van der Waals surface area contributed by atoms with E-state index < -0.39 is 55.8 Å². The zero-order valence-corrected chi connectivity index (χ0v) is 49.5. The summed E-state index contributed by atoms with van der Waals surface area (Å²) in [6, 6.07) is 15.0. The first-order chi connectivity index (χ1) is 35.9. The van der Waals surface area contributed by atoms with Crippen molar-refractivity contribution < 1.29 is 190 Å². The molecule has 7 aromatic rings. The van der Waals surface area contributed by atoms with Crippen molar-refractivity contribution in [2.24, 2.45) is 0 Å². The van der Waals surface area contributed by atoms with Gasteiger partial charge < -0.3 is 32.6 Å². The fourth-order valence-electron chi connectivity index (χ4n) is 9.11. The molecule has 2 N–H and O–H groups in total. The van der Waals surface area contributed by atoms with Gasteiger partial charge in [-0.2, -0.15) is 21.4 Å². The van der Waals surface area contributed by atoms with Gasteiger partial charge in [0.15, 0.2) is 12.3 Å². The molecule has 77 heavy (non-hydrogen) atoms. The molecule has 26 heteroatoms. The van der Waals surface area contributed by atoms with Gasteiger partial charge in [0, 0.05) is 79.1 Å². The van der Waals surface area contributed by atoms with Crippen LogP contribution in [0, 0.1) is 0 Å². The minimum absolute atomic E-state index is 0. The van der Waals surface area contributed by atoms with Crippen LogP contribution < -0.4 is 117 Å². The first-order valence-corrected chi connectivity index (χ1v) is 26.7. The predicted molar refractivity (Wildman–Crippen MR) is 263 cm³/mol. The molecule has 0 saturated carbocycles. The van der Waals surface area contributed by atoms with Crippen LogP contribution in [-0.4, -0.2) is 78.2 Å². The number of amides is 4. The van der Waals surface area contributed by atoms with Gasteiger partial charge in [0.25, 0.3) is 49.4 Å². The van der Waals surface area contributed by atoms with Crippen LogP contribution >= 0.6 is 0 Å². The third kappa shape index (κ3) is 12.8. The van der Waals surface area contributed by atoms with Crippen molar-refractivity contribution in [3.63, 3.8) is 0 Å². The zero-order valence-electron chi connectivity index (χ0n) is 41.6. The number of carbonyl (C=O) groups is 6. The zero-order chi connectivity index (χ0) is 52.8. The Balaban J connectivity index is 0.00000392. The smallest absolute Gasteiger partial charge is 0.456 e. The fraction of sp³-hybridized carbons (Fsp3) is 0.275. The van der Waals surface area contributed by atoms with Gasteiger partial charge in [-0.05, 0) is 80.3 Å². The number of aromatic nitrogens is 1. The Labute approximate surface area is 523 Å². The topological polar surface area (TPSA) is 292 Å². The summed E-state index contributed by atoms with van der Waals surface area (Å²) >= 11 is 0. The first kappa shape index (κ1) is 58.2. The SMILES string of the molecule is O=C(CCCCCN1/C(=C/C=C/C=C/c2oc3cc4c(cc3[n+]2CCCCCC(=O)ON2C(=O)CCC2=O)oc2ccc(S(=O)(=O)O)cc24)Oc2cc3c(cc21)oc1ccc(S(=O)(=O)O)cc13)ON1C(=O)CCC1=O.[K+].[K+]. The van der Waals surface area contributed by atoms with E-state index in [-0.39, 0.29) is 151 Å². The average Bonchev–Trinajstić information content (AvgIpc) is 4.27. The molecule has 388 valence electrons. The Hall–Kier alpha value is -4.92. The van der Waals surface area contributed by atoms with E-state index in [1.54, 1.807) is 54.6 Å². The van der Waals surface area contributed by atoms with Crippen LogP contribution in [-0.2, 0) is 65.2 Å². The predicted octanol–water partition coefficient (Wildman–Crippen LogP) is 1.67. The van der Waals surface area contributed by atoms with E-state index in [1.165, 1.54) is 36.4 Å². The molecule has 0 bridgehead atoms. The number of nitrogens with zero attached hydrogens (tertiary/aromatic N) is 4. The molecule has 4 aromatic carbocycles. The number of allylic oxidation sites excluding steroid dienone is 4. The van der Waals surface area contributed by atoms with Crippen LogP contribution in [0.3, 0.4) is 0 Å². The van der Waals surface area contributed by atoms with Crippen LogP contribution in [0.5, 0.6) is 5.75 Å². The number of rotatable bonds is 19. The van der Waals surface area contributed by atoms with Gasteiger partial charge in [-0.1, -0.05) is 24.6 Å². The van der Waals surface area contributed by atoms with Gasteiger partial charge in [0.2, 0.25) is 11.5 Å². The average molecular weight is 1140 g/mol. The maximum atomic E-state index is 12.5. The summed E-state index contributed by atoms with van der Waals surface area (Å²) in [5.74, 6) is -2.36. The maximum Gasteiger partial charge on any atom is 1.00 e. The van der Waals surface area contributed by atoms with Crippen molar-refractivity contribution in [3.05, 3.63) is 96.7 Å². The molecule has 3 aromatic heterocycles. The fourth-order valence-corrected chi connectivity index (χ4v) is 10.1. The molecule has 0 spiro atoms. The quantitative estimate of drug-likeness (QED) is 0.0291. The summed E-state index contributed by atoms with van der Waals surface area (Å²) < 4.78 is 94.3. The molecule has 3 aliphatic heterocycles. The molecular weight excluding hydrogens is 1100 g/mol. The number of hydrogen-bond acceptors (Lipinski definition) is 17. The normalized spacial score (nSPS) is 15.6. The number of ether oxygens (including phenoxy) is 1. The maximum absolute atomic E-state index is 12.5. The third-order valence-corrected chi connectivity index (χ3v) is 14.5. The Morgan fingerprint density at radius 1 is 0.584 bits per heavy atom. The van der Waals surface area contributed by atoms with Crippen LogP contribution in [0.4, 0.5) is 5.69 Å². The molecule has 0 atom stereocenters. The van der Waals surface area contributed by atoms with E-state index in [0.717, 1.165) is 0 Å². The van der Waals surface area contributed by atoms with E-state index >= 15 is 0 Å². The van der Waals surface area contributed by atoms with Crippen LogP contribution in [0.25, 0.3) is 61.1 Å². The second-order valence-corrected chi connectivity index (χ2v) is 20.8. The number of imide groups is 2. The van der Waals surface area contributed by atoms with Crippen LogP contribution in [0.1, 0.15) is 82.9 Å². The van der Waals surface area contributed by atoms with E-state index in [9.17, 15) is 54.7 Å². The van der Waals surface area contributed by atoms with E-state index in [1.807, 2.05) is 9.47 Å². The number of hydroxylamine groups is 4. The second-order valence-electron chi connectivity index (χ2n) is 17.9. The summed E-state index contributed by atoms with van der Waals surface area (Å²) in [5, 5.41) is 3.00. The van der Waals surface area contributed by atoms with Crippen molar-refractivity contribution in [1.82, 2.24) is 10.1 Å². The second kappa shape index (κ2) is 24.2. The molecule has 2 fully saturated rings. The minimum atomic E-state index is -4.51. The molecular formula is C51H45K2N4O18S2+3. The molecule has 3 aliphatic rings. The summed E-state index contributed by atoms with van der Waals surface area (Å²) in [5.41, 5.74) is 3.35. The van der Waals surface area contributed by atoms with E-state index in [2.05, 4.69) is 0 Å².